The third-order valence-corrected chi connectivity index (χ3v) is 4.04. The molecule has 1 aromatic heterocycles. The summed E-state index contributed by atoms with van der Waals surface area (Å²) in [6, 6.07) is 16.5. The van der Waals surface area contributed by atoms with E-state index >= 15 is 0 Å². The zero-order valence-electron chi connectivity index (χ0n) is 14.5. The first-order valence-electron chi connectivity index (χ1n) is 8.03. The minimum Gasteiger partial charge on any atom is -0.378 e. The number of nitro groups is 1. The molecular formula is C18H17ClN6O2. The molecule has 138 valence electrons. The molecule has 2 aromatic carbocycles. The fourth-order valence-corrected chi connectivity index (χ4v) is 2.62. The molecule has 0 spiro atoms. The molecule has 0 saturated carbocycles. The van der Waals surface area contributed by atoms with Crippen LogP contribution in [0.3, 0.4) is 0 Å². The lowest BCUT2D eigenvalue weighted by atomic mass is 10.2. The number of aromatic nitrogens is 2. The largest absolute Gasteiger partial charge is 0.378 e. The van der Waals surface area contributed by atoms with Crippen LogP contribution in [0.4, 0.5) is 29.0 Å². The van der Waals surface area contributed by atoms with E-state index in [0.29, 0.717) is 17.3 Å². The number of hydrogen-bond acceptors (Lipinski definition) is 7. The lowest BCUT2D eigenvalue weighted by Crippen LogP contribution is -2.20. The molecule has 0 atom stereocenters. The number of nitrogens with two attached hydrogens (primary N) is 1. The maximum absolute atomic E-state index is 11.4. The number of halogens is 1. The maximum atomic E-state index is 11.4. The molecule has 0 aliphatic heterocycles. The van der Waals surface area contributed by atoms with E-state index in [1.807, 2.05) is 30.3 Å². The van der Waals surface area contributed by atoms with E-state index in [1.54, 1.807) is 36.2 Å². The average Bonchev–Trinajstić information content (AvgIpc) is 2.63. The first-order chi connectivity index (χ1) is 12.9. The van der Waals surface area contributed by atoms with E-state index in [-0.39, 0.29) is 23.3 Å². The summed E-state index contributed by atoms with van der Waals surface area (Å²) in [6.07, 6.45) is 0. The Morgan fingerprint density at radius 1 is 1.15 bits per heavy atom. The highest BCUT2D eigenvalue weighted by molar-refractivity contribution is 6.30. The smallest absolute Gasteiger partial charge is 0.353 e. The minimum absolute atomic E-state index is 0.0183. The predicted octanol–water partition coefficient (Wildman–Crippen LogP) is 4.00. The summed E-state index contributed by atoms with van der Waals surface area (Å²) >= 11 is 5.88. The fraction of sp³-hybridized carbons (Fsp3) is 0.111. The van der Waals surface area contributed by atoms with Gasteiger partial charge in [0, 0.05) is 24.3 Å². The molecule has 9 heteroatoms. The molecule has 0 saturated heterocycles. The highest BCUT2D eigenvalue weighted by Gasteiger charge is 2.24. The molecule has 0 amide bonds. The molecule has 1 heterocycles. The van der Waals surface area contributed by atoms with Gasteiger partial charge >= 0.3 is 5.69 Å². The number of rotatable bonds is 6. The Bertz CT molecular complexity index is 950. The van der Waals surface area contributed by atoms with Crippen molar-refractivity contribution in [2.45, 2.75) is 6.54 Å². The first kappa shape index (κ1) is 18.4. The van der Waals surface area contributed by atoms with Crippen LogP contribution in [0.5, 0.6) is 0 Å². The van der Waals surface area contributed by atoms with Gasteiger partial charge in [0.05, 0.1) is 4.92 Å². The summed E-state index contributed by atoms with van der Waals surface area (Å²) in [7, 11) is 1.79. The second kappa shape index (κ2) is 7.88. The van der Waals surface area contributed by atoms with Crippen LogP contribution in [0.15, 0.2) is 54.6 Å². The van der Waals surface area contributed by atoms with Crippen molar-refractivity contribution in [3.05, 3.63) is 75.3 Å². The van der Waals surface area contributed by atoms with Crippen molar-refractivity contribution in [1.82, 2.24) is 9.97 Å². The number of nitrogen functional groups attached to an aromatic ring is 1. The summed E-state index contributed by atoms with van der Waals surface area (Å²) < 4.78 is 0. The second-order valence-electron chi connectivity index (χ2n) is 5.84. The maximum Gasteiger partial charge on any atom is 0.353 e. The summed E-state index contributed by atoms with van der Waals surface area (Å²) in [5.74, 6) is 0.0875. The molecule has 27 heavy (non-hydrogen) atoms. The van der Waals surface area contributed by atoms with E-state index < -0.39 is 4.92 Å². The normalized spacial score (nSPS) is 10.4. The lowest BCUT2D eigenvalue weighted by molar-refractivity contribution is -0.383. The van der Waals surface area contributed by atoms with Crippen molar-refractivity contribution in [1.29, 1.82) is 0 Å². The molecule has 8 nitrogen and oxygen atoms in total. The Hall–Kier alpha value is -3.39. The van der Waals surface area contributed by atoms with Gasteiger partial charge in [0.15, 0.2) is 0 Å². The van der Waals surface area contributed by atoms with Crippen molar-refractivity contribution in [2.24, 2.45) is 0 Å². The Morgan fingerprint density at radius 2 is 1.81 bits per heavy atom. The Balaban J connectivity index is 1.95. The van der Waals surface area contributed by atoms with Crippen molar-refractivity contribution in [2.75, 3.05) is 23.0 Å². The predicted molar refractivity (Wildman–Crippen MR) is 106 cm³/mol. The molecule has 0 bridgehead atoms. The second-order valence-corrected chi connectivity index (χ2v) is 6.27. The van der Waals surface area contributed by atoms with E-state index in [1.165, 1.54) is 0 Å². The third-order valence-electron chi connectivity index (χ3n) is 3.79. The molecule has 0 aliphatic rings. The van der Waals surface area contributed by atoms with Crippen LogP contribution in [0.1, 0.15) is 5.56 Å². The molecular weight excluding hydrogens is 368 g/mol. The van der Waals surface area contributed by atoms with Crippen molar-refractivity contribution in [3.8, 4) is 0 Å². The third kappa shape index (κ3) is 4.42. The number of hydrogen-bond donors (Lipinski definition) is 2. The van der Waals surface area contributed by atoms with Crippen LogP contribution < -0.4 is 16.0 Å². The SMILES string of the molecule is CN(Cc1ccccc1)c1nc(N)c([N+](=O)[O-])c(Nc2ccc(Cl)cc2)n1. The van der Waals surface area contributed by atoms with Gasteiger partial charge in [0.2, 0.25) is 17.6 Å². The van der Waals surface area contributed by atoms with Crippen LogP contribution in [0.2, 0.25) is 5.02 Å². The zero-order chi connectivity index (χ0) is 19.4. The summed E-state index contributed by atoms with van der Waals surface area (Å²) in [5, 5.41) is 14.9. The van der Waals surface area contributed by atoms with Gasteiger partial charge in [-0.1, -0.05) is 41.9 Å². The molecule has 0 unspecified atom stereocenters. The standard InChI is InChI=1S/C18H17ClN6O2/c1-24(11-12-5-3-2-4-6-12)18-22-16(20)15(25(26)27)17(23-18)21-14-9-7-13(19)8-10-14/h2-10H,11H2,1H3,(H3,20,21,22,23). The average molecular weight is 385 g/mol. The van der Waals surface area contributed by atoms with Gasteiger partial charge in [-0.25, -0.2) is 0 Å². The molecule has 3 rings (SSSR count). The Labute approximate surface area is 160 Å². The Kier molecular flexibility index (Phi) is 5.37. The van der Waals surface area contributed by atoms with Gasteiger partial charge in [0.1, 0.15) is 0 Å². The van der Waals surface area contributed by atoms with Crippen LogP contribution in [0, 0.1) is 10.1 Å². The summed E-state index contributed by atoms with van der Waals surface area (Å²) in [5.41, 5.74) is 7.12. The molecule has 3 N–H and O–H groups in total. The van der Waals surface area contributed by atoms with Gasteiger partial charge in [-0.15, -0.1) is 0 Å². The molecule has 0 aliphatic carbocycles. The van der Waals surface area contributed by atoms with Gasteiger partial charge < -0.3 is 16.0 Å². The van der Waals surface area contributed by atoms with Gasteiger partial charge in [0.25, 0.3) is 0 Å². The molecule has 0 fully saturated rings. The number of nitrogens with one attached hydrogen (secondary N) is 1. The number of nitrogens with zero attached hydrogens (tertiary/aromatic N) is 4. The van der Waals surface area contributed by atoms with Gasteiger partial charge in [-0.05, 0) is 29.8 Å². The quantitative estimate of drug-likeness (QED) is 0.488. The van der Waals surface area contributed by atoms with Crippen LogP contribution in [-0.4, -0.2) is 21.9 Å². The van der Waals surface area contributed by atoms with Crippen molar-refractivity contribution >= 4 is 40.6 Å². The number of anilines is 4. The highest BCUT2D eigenvalue weighted by atomic mass is 35.5. The van der Waals surface area contributed by atoms with Crippen LogP contribution in [0.25, 0.3) is 0 Å². The minimum atomic E-state index is -0.603. The van der Waals surface area contributed by atoms with Crippen LogP contribution >= 0.6 is 11.6 Å². The topological polar surface area (TPSA) is 110 Å². The van der Waals surface area contributed by atoms with Crippen LogP contribution in [-0.2, 0) is 6.54 Å². The summed E-state index contributed by atoms with van der Waals surface area (Å²) in [4.78, 5) is 21.0. The highest BCUT2D eigenvalue weighted by Crippen LogP contribution is 2.32. The van der Waals surface area contributed by atoms with Crippen molar-refractivity contribution in [3.63, 3.8) is 0 Å². The first-order valence-corrected chi connectivity index (χ1v) is 8.41. The van der Waals surface area contributed by atoms with Gasteiger partial charge in [-0.3, -0.25) is 10.1 Å². The van der Waals surface area contributed by atoms with E-state index in [0.717, 1.165) is 5.56 Å². The van der Waals surface area contributed by atoms with E-state index in [9.17, 15) is 10.1 Å². The number of benzene rings is 2. The Morgan fingerprint density at radius 3 is 2.44 bits per heavy atom. The van der Waals surface area contributed by atoms with E-state index in [4.69, 9.17) is 17.3 Å². The van der Waals surface area contributed by atoms with E-state index in [2.05, 4.69) is 15.3 Å². The van der Waals surface area contributed by atoms with Crippen molar-refractivity contribution < 1.29 is 4.92 Å². The molecule has 3 aromatic rings. The van der Waals surface area contributed by atoms with Gasteiger partial charge in [-0.2, -0.15) is 9.97 Å². The zero-order valence-corrected chi connectivity index (χ0v) is 15.2. The summed E-state index contributed by atoms with van der Waals surface area (Å²) in [6.45, 7) is 0.526. The lowest BCUT2D eigenvalue weighted by Gasteiger charge is -2.18. The monoisotopic (exact) mass is 384 g/mol. The fourth-order valence-electron chi connectivity index (χ4n) is 2.50. The molecule has 0 radical (unpaired) electrons.